The largest absolute Gasteiger partial charge is 0.454 e. The van der Waals surface area contributed by atoms with E-state index >= 15 is 0 Å². The predicted molar refractivity (Wildman–Crippen MR) is 112 cm³/mol. The number of ether oxygens (including phenoxy) is 2. The summed E-state index contributed by atoms with van der Waals surface area (Å²) < 4.78 is 36.6. The topological polar surface area (TPSA) is 76.2 Å². The van der Waals surface area contributed by atoms with Crippen LogP contribution in [0, 0.1) is 0 Å². The molecule has 1 heterocycles. The minimum Gasteiger partial charge on any atom is -0.454 e. The summed E-state index contributed by atoms with van der Waals surface area (Å²) in [6.45, 7) is 0.685. The average molecular weight is 431 g/mol. The SMILES string of the molecule is CN(C)S(=O)(=O)c1ccc(C(=O)N(Cc2ccc3c(c2)OCO3)C2CCCC2)cc1. The maximum atomic E-state index is 13.4. The summed E-state index contributed by atoms with van der Waals surface area (Å²) in [5, 5.41) is 0. The molecule has 1 saturated carbocycles. The van der Waals surface area contributed by atoms with Crippen LogP contribution in [0.25, 0.3) is 0 Å². The molecule has 0 aromatic heterocycles. The standard InChI is InChI=1S/C22H26N2O5S/c1-23(2)30(26,27)19-10-8-17(9-11-19)22(25)24(18-5-3-4-6-18)14-16-7-12-20-21(13-16)29-15-28-20/h7-13,18H,3-6,14-15H2,1-2H3. The van der Waals surface area contributed by atoms with Crippen LogP contribution < -0.4 is 9.47 Å². The smallest absolute Gasteiger partial charge is 0.254 e. The van der Waals surface area contributed by atoms with Crippen molar-refractivity contribution in [3.63, 3.8) is 0 Å². The lowest BCUT2D eigenvalue weighted by Gasteiger charge is -2.29. The summed E-state index contributed by atoms with van der Waals surface area (Å²) in [5.41, 5.74) is 1.46. The van der Waals surface area contributed by atoms with Gasteiger partial charge in [0.2, 0.25) is 16.8 Å². The molecule has 0 atom stereocenters. The van der Waals surface area contributed by atoms with Crippen LogP contribution in [-0.2, 0) is 16.6 Å². The molecular weight excluding hydrogens is 404 g/mol. The van der Waals surface area contributed by atoms with Gasteiger partial charge in [-0.3, -0.25) is 4.79 Å². The third kappa shape index (κ3) is 4.02. The number of nitrogens with zero attached hydrogens (tertiary/aromatic N) is 2. The fraction of sp³-hybridized carbons (Fsp3) is 0.409. The Hall–Kier alpha value is -2.58. The number of carbonyl (C=O) groups is 1. The molecule has 7 nitrogen and oxygen atoms in total. The highest BCUT2D eigenvalue weighted by molar-refractivity contribution is 7.89. The fourth-order valence-electron chi connectivity index (χ4n) is 3.96. The van der Waals surface area contributed by atoms with E-state index in [0.29, 0.717) is 17.9 Å². The summed E-state index contributed by atoms with van der Waals surface area (Å²) >= 11 is 0. The van der Waals surface area contributed by atoms with Gasteiger partial charge in [0.05, 0.1) is 4.90 Å². The second kappa shape index (κ2) is 8.28. The minimum absolute atomic E-state index is 0.0895. The van der Waals surface area contributed by atoms with Crippen LogP contribution in [0.1, 0.15) is 41.6 Å². The highest BCUT2D eigenvalue weighted by atomic mass is 32.2. The lowest BCUT2D eigenvalue weighted by Crippen LogP contribution is -2.38. The molecule has 30 heavy (non-hydrogen) atoms. The van der Waals surface area contributed by atoms with Gasteiger partial charge in [0.1, 0.15) is 0 Å². The van der Waals surface area contributed by atoms with Crippen molar-refractivity contribution in [1.82, 2.24) is 9.21 Å². The lowest BCUT2D eigenvalue weighted by molar-refractivity contribution is 0.0664. The van der Waals surface area contributed by atoms with Gasteiger partial charge >= 0.3 is 0 Å². The van der Waals surface area contributed by atoms with E-state index in [4.69, 9.17) is 9.47 Å². The van der Waals surface area contributed by atoms with Crippen LogP contribution in [-0.4, -0.2) is 50.5 Å². The van der Waals surface area contributed by atoms with E-state index in [-0.39, 0.29) is 23.6 Å². The summed E-state index contributed by atoms with van der Waals surface area (Å²) in [6, 6.07) is 12.1. The van der Waals surface area contributed by atoms with Crippen LogP contribution in [0.3, 0.4) is 0 Å². The molecule has 8 heteroatoms. The van der Waals surface area contributed by atoms with Gasteiger partial charge in [-0.2, -0.15) is 0 Å². The third-order valence-electron chi connectivity index (χ3n) is 5.70. The summed E-state index contributed by atoms with van der Waals surface area (Å²) in [4.78, 5) is 15.5. The summed E-state index contributed by atoms with van der Waals surface area (Å²) in [6.07, 6.45) is 4.16. The monoisotopic (exact) mass is 430 g/mol. The molecule has 4 rings (SSSR count). The number of fused-ring (bicyclic) bond motifs is 1. The number of hydrogen-bond acceptors (Lipinski definition) is 5. The van der Waals surface area contributed by atoms with E-state index in [1.807, 2.05) is 23.1 Å². The van der Waals surface area contributed by atoms with E-state index < -0.39 is 10.0 Å². The van der Waals surface area contributed by atoms with E-state index in [2.05, 4.69) is 0 Å². The molecule has 0 bridgehead atoms. The molecule has 2 aliphatic rings. The van der Waals surface area contributed by atoms with Crippen molar-refractivity contribution >= 4 is 15.9 Å². The molecule has 1 aliphatic heterocycles. The first-order valence-corrected chi connectivity index (χ1v) is 11.5. The lowest BCUT2D eigenvalue weighted by atomic mass is 10.1. The molecule has 0 spiro atoms. The first-order valence-electron chi connectivity index (χ1n) is 10.1. The summed E-state index contributed by atoms with van der Waals surface area (Å²) in [7, 11) is -0.552. The Morgan fingerprint density at radius 2 is 1.67 bits per heavy atom. The van der Waals surface area contributed by atoms with Gasteiger partial charge in [-0.05, 0) is 54.8 Å². The molecule has 1 fully saturated rings. The molecule has 0 saturated heterocycles. The number of amides is 1. The van der Waals surface area contributed by atoms with Crippen LogP contribution in [0.2, 0.25) is 0 Å². The van der Waals surface area contributed by atoms with Crippen molar-refractivity contribution in [1.29, 1.82) is 0 Å². The number of benzene rings is 2. The van der Waals surface area contributed by atoms with Gasteiger partial charge in [0, 0.05) is 32.2 Å². The number of sulfonamides is 1. The van der Waals surface area contributed by atoms with Crippen molar-refractivity contribution in [3.8, 4) is 11.5 Å². The fourth-order valence-corrected chi connectivity index (χ4v) is 4.87. The Kier molecular flexibility index (Phi) is 5.71. The summed E-state index contributed by atoms with van der Waals surface area (Å²) in [5.74, 6) is 1.33. The Morgan fingerprint density at radius 3 is 2.33 bits per heavy atom. The molecule has 2 aromatic carbocycles. The Balaban J connectivity index is 1.58. The maximum absolute atomic E-state index is 13.4. The van der Waals surface area contributed by atoms with Gasteiger partial charge in [-0.15, -0.1) is 0 Å². The predicted octanol–water partition coefficient (Wildman–Crippen LogP) is 3.25. The van der Waals surface area contributed by atoms with E-state index in [1.165, 1.54) is 26.2 Å². The molecule has 1 aliphatic carbocycles. The maximum Gasteiger partial charge on any atom is 0.254 e. The highest BCUT2D eigenvalue weighted by Crippen LogP contribution is 2.34. The van der Waals surface area contributed by atoms with Crippen LogP contribution >= 0.6 is 0 Å². The van der Waals surface area contributed by atoms with Gasteiger partial charge in [0.15, 0.2) is 11.5 Å². The van der Waals surface area contributed by atoms with Gasteiger partial charge < -0.3 is 14.4 Å². The molecule has 0 N–H and O–H groups in total. The van der Waals surface area contributed by atoms with Crippen LogP contribution in [0.5, 0.6) is 11.5 Å². The third-order valence-corrected chi connectivity index (χ3v) is 7.53. The number of rotatable bonds is 6. The minimum atomic E-state index is -3.53. The van der Waals surface area contributed by atoms with Crippen LogP contribution in [0.15, 0.2) is 47.4 Å². The normalized spacial score (nSPS) is 16.2. The Morgan fingerprint density at radius 1 is 1.00 bits per heavy atom. The van der Waals surface area contributed by atoms with Gasteiger partial charge in [-0.25, -0.2) is 12.7 Å². The first kappa shape index (κ1) is 20.7. The van der Waals surface area contributed by atoms with Crippen LogP contribution in [0.4, 0.5) is 0 Å². The zero-order valence-corrected chi connectivity index (χ0v) is 18.0. The zero-order valence-electron chi connectivity index (χ0n) is 17.2. The van der Waals surface area contributed by atoms with Crippen molar-refractivity contribution in [2.45, 2.75) is 43.2 Å². The Bertz CT molecular complexity index is 1030. The number of carbonyl (C=O) groups excluding carboxylic acids is 1. The zero-order chi connectivity index (χ0) is 21.3. The highest BCUT2D eigenvalue weighted by Gasteiger charge is 2.28. The average Bonchev–Trinajstić information content (AvgIpc) is 3.43. The van der Waals surface area contributed by atoms with Crippen molar-refractivity contribution in [2.75, 3.05) is 20.9 Å². The van der Waals surface area contributed by atoms with Gasteiger partial charge in [0.25, 0.3) is 5.91 Å². The molecule has 0 radical (unpaired) electrons. The van der Waals surface area contributed by atoms with Crippen molar-refractivity contribution in [2.24, 2.45) is 0 Å². The van der Waals surface area contributed by atoms with E-state index in [0.717, 1.165) is 41.3 Å². The molecule has 1 amide bonds. The van der Waals surface area contributed by atoms with Gasteiger partial charge in [-0.1, -0.05) is 18.9 Å². The van der Waals surface area contributed by atoms with Crippen molar-refractivity contribution < 1.29 is 22.7 Å². The second-order valence-electron chi connectivity index (χ2n) is 7.87. The van der Waals surface area contributed by atoms with E-state index in [1.54, 1.807) is 12.1 Å². The number of hydrogen-bond donors (Lipinski definition) is 0. The second-order valence-corrected chi connectivity index (χ2v) is 10.0. The van der Waals surface area contributed by atoms with E-state index in [9.17, 15) is 13.2 Å². The van der Waals surface area contributed by atoms with Crippen molar-refractivity contribution in [3.05, 3.63) is 53.6 Å². The molecular formula is C22H26N2O5S. The molecule has 0 unspecified atom stereocenters. The molecule has 160 valence electrons. The first-order chi connectivity index (χ1) is 14.4. The Labute approximate surface area is 177 Å². The quantitative estimate of drug-likeness (QED) is 0.703. The molecule has 2 aromatic rings.